The van der Waals surface area contributed by atoms with Crippen LogP contribution in [0.4, 0.5) is 0 Å². The summed E-state index contributed by atoms with van der Waals surface area (Å²) < 4.78 is 65.2. The van der Waals surface area contributed by atoms with Crippen molar-refractivity contribution in [1.29, 1.82) is 0 Å². The molecule has 0 aromatic heterocycles. The van der Waals surface area contributed by atoms with Crippen LogP contribution in [0.3, 0.4) is 0 Å². The number of rotatable bonds is 62. The van der Waals surface area contributed by atoms with Crippen LogP contribution >= 0.6 is 7.82 Å². The van der Waals surface area contributed by atoms with Crippen LogP contribution in [0.15, 0.2) is 0 Å². The van der Waals surface area contributed by atoms with E-state index in [0.29, 0.717) is 25.2 Å². The Hall–Kier alpha value is -2.04. The Morgan fingerprint density at radius 1 is 0.380 bits per heavy atom. The molecule has 590 valence electrons. The molecule has 25 heteroatoms. The summed E-state index contributed by atoms with van der Waals surface area (Å²) in [5.41, 5.74) is 0. The maximum absolute atomic E-state index is 14.4. The van der Waals surface area contributed by atoms with Crippen LogP contribution in [-0.2, 0) is 61.2 Å². The molecule has 2 saturated heterocycles. The molecule has 0 aromatic rings. The molecule has 0 bridgehead atoms. The zero-order valence-corrected chi connectivity index (χ0v) is 62.8. The van der Waals surface area contributed by atoms with E-state index in [4.69, 9.17) is 42.2 Å². The molecule has 0 aromatic carbocycles. The van der Waals surface area contributed by atoms with Gasteiger partial charge in [-0.2, -0.15) is 0 Å². The van der Waals surface area contributed by atoms with Gasteiger partial charge < -0.3 is 89.1 Å². The van der Waals surface area contributed by atoms with Crippen molar-refractivity contribution in [3.8, 4) is 0 Å². The third-order valence-corrected chi connectivity index (χ3v) is 21.0. The van der Waals surface area contributed by atoms with E-state index in [1.54, 1.807) is 0 Å². The van der Waals surface area contributed by atoms with E-state index in [9.17, 15) is 74.9 Å². The van der Waals surface area contributed by atoms with Crippen molar-refractivity contribution in [1.82, 2.24) is 0 Å². The maximum Gasteiger partial charge on any atom is 0.472 e. The van der Waals surface area contributed by atoms with Crippen LogP contribution in [-0.4, -0.2) is 204 Å². The van der Waals surface area contributed by atoms with Crippen molar-refractivity contribution >= 4 is 25.7 Å². The normalized spacial score (nSPS) is 27.6. The monoisotopic (exact) mass is 1460 g/mol. The van der Waals surface area contributed by atoms with E-state index in [1.165, 1.54) is 167 Å². The topological polar surface area (TPSA) is 374 Å². The number of hydrogen-bond acceptors (Lipinski definition) is 23. The molecule has 19 atom stereocenters. The molecule has 0 amide bonds. The van der Waals surface area contributed by atoms with Crippen molar-refractivity contribution in [2.45, 2.75) is 427 Å². The summed E-state index contributed by atoms with van der Waals surface area (Å²) in [6.07, 6.45) is 13.0. The van der Waals surface area contributed by atoms with Gasteiger partial charge in [0.15, 0.2) is 18.7 Å². The highest BCUT2D eigenvalue weighted by atomic mass is 31.2. The number of ether oxygens (including phenoxy) is 7. The van der Waals surface area contributed by atoms with Crippen LogP contribution < -0.4 is 0 Å². The second-order valence-corrected chi connectivity index (χ2v) is 30.5. The lowest BCUT2D eigenvalue weighted by Crippen LogP contribution is -2.69. The first-order valence-corrected chi connectivity index (χ1v) is 41.2. The molecule has 19 unspecified atom stereocenters. The number of unbranched alkanes of at least 4 members (excludes halogenated alkanes) is 37. The second kappa shape index (κ2) is 56.3. The standard InChI is InChI=1S/C75H141O24P/c1-5-8-11-14-17-19-21-23-24-25-27-29-31-33-40-45-50-61(79)94-56(52-91-59(77)48-43-38-32-30-28-26-22-20-18-15-12-9-6-2)53-93-100(89,90)99-73-71(97-74-69(87)64(82)62(80)57(51-76)95-74)67(85)66(84)68(86)72(73)98-75-70(88)65(83)63(81)58(96-75)54-92-60(78)49-44-39-35-34-37-42-47-55(4)46-41-36-16-13-10-7-3/h55-58,62-76,80-88H,5-54H2,1-4H3,(H,89,90). The number of phosphoric acid groups is 1. The van der Waals surface area contributed by atoms with Gasteiger partial charge in [-0.3, -0.25) is 23.4 Å². The average Bonchev–Trinajstić information content (AvgIpc) is 0.763. The quantitative estimate of drug-likeness (QED) is 0.0117. The van der Waals surface area contributed by atoms with Gasteiger partial charge in [-0.05, 0) is 25.2 Å². The molecule has 3 fully saturated rings. The first-order chi connectivity index (χ1) is 48.2. The molecule has 100 heavy (non-hydrogen) atoms. The van der Waals surface area contributed by atoms with E-state index in [1.807, 2.05) is 0 Å². The fraction of sp³-hybridized carbons (Fsp3) is 0.960. The predicted molar refractivity (Wildman–Crippen MR) is 379 cm³/mol. The van der Waals surface area contributed by atoms with Gasteiger partial charge in [0.05, 0.1) is 13.2 Å². The summed E-state index contributed by atoms with van der Waals surface area (Å²) in [6.45, 7) is 5.81. The predicted octanol–water partition coefficient (Wildman–Crippen LogP) is 11.6. The molecule has 1 saturated carbocycles. The summed E-state index contributed by atoms with van der Waals surface area (Å²) in [4.78, 5) is 51.1. The molecule has 3 rings (SSSR count). The highest BCUT2D eigenvalue weighted by Gasteiger charge is 2.58. The Bertz CT molecular complexity index is 2080. The minimum absolute atomic E-state index is 0.0310. The van der Waals surface area contributed by atoms with Gasteiger partial charge in [0.1, 0.15) is 98.7 Å². The zero-order chi connectivity index (χ0) is 73.3. The highest BCUT2D eigenvalue weighted by molar-refractivity contribution is 7.47. The van der Waals surface area contributed by atoms with Gasteiger partial charge in [0.2, 0.25) is 0 Å². The minimum Gasteiger partial charge on any atom is -0.463 e. The van der Waals surface area contributed by atoms with Crippen molar-refractivity contribution in [2.75, 3.05) is 26.4 Å². The summed E-state index contributed by atoms with van der Waals surface area (Å²) in [5, 5.41) is 110. The summed E-state index contributed by atoms with van der Waals surface area (Å²) in [6, 6.07) is 0. The van der Waals surface area contributed by atoms with Crippen molar-refractivity contribution < 1.29 is 117 Å². The van der Waals surface area contributed by atoms with Crippen molar-refractivity contribution in [2.24, 2.45) is 5.92 Å². The number of esters is 3. The number of phosphoric ester groups is 1. The largest absolute Gasteiger partial charge is 0.472 e. The minimum atomic E-state index is -5.69. The zero-order valence-electron chi connectivity index (χ0n) is 61.9. The molecule has 2 aliphatic heterocycles. The van der Waals surface area contributed by atoms with Crippen molar-refractivity contribution in [3.05, 3.63) is 0 Å². The van der Waals surface area contributed by atoms with Crippen molar-refractivity contribution in [3.63, 3.8) is 0 Å². The SMILES string of the molecule is CCCCCCCCCCCCCCCCCCC(=O)OC(COC(=O)CCCCCCCCCCCCCCC)COP(=O)(O)OC1C(OC2OC(CO)C(O)C(O)C2O)C(O)C(O)C(O)C1OC1OC(COC(=O)CCCCCCCCC(C)CCCCCCCC)C(O)C(O)C1O. The van der Waals surface area contributed by atoms with Gasteiger partial charge >= 0.3 is 25.7 Å². The molecular weight excluding hydrogens is 1320 g/mol. The van der Waals surface area contributed by atoms with Gasteiger partial charge in [-0.25, -0.2) is 4.57 Å². The summed E-state index contributed by atoms with van der Waals surface area (Å²) in [5.74, 6) is -1.28. The first kappa shape index (κ1) is 92.2. The van der Waals surface area contributed by atoms with E-state index in [2.05, 4.69) is 27.7 Å². The maximum atomic E-state index is 14.4. The number of aliphatic hydroxyl groups excluding tert-OH is 10. The number of carbonyl (C=O) groups is 3. The fourth-order valence-corrected chi connectivity index (χ4v) is 14.4. The Balaban J connectivity index is 1.72. The summed E-state index contributed by atoms with van der Waals surface area (Å²) >= 11 is 0. The van der Waals surface area contributed by atoms with Gasteiger partial charge in [-0.1, -0.05) is 285 Å². The third-order valence-electron chi connectivity index (χ3n) is 20.0. The van der Waals surface area contributed by atoms with Crippen LogP contribution in [0, 0.1) is 5.92 Å². The third kappa shape index (κ3) is 39.0. The molecule has 1 aliphatic carbocycles. The van der Waals surface area contributed by atoms with Gasteiger partial charge in [-0.15, -0.1) is 0 Å². The first-order valence-electron chi connectivity index (χ1n) is 39.7. The van der Waals surface area contributed by atoms with Crippen LogP contribution in [0.2, 0.25) is 0 Å². The number of aliphatic hydroxyl groups is 10. The Kier molecular flexibility index (Phi) is 51.9. The lowest BCUT2D eigenvalue weighted by molar-refractivity contribution is -0.360. The van der Waals surface area contributed by atoms with Crippen LogP contribution in [0.5, 0.6) is 0 Å². The smallest absolute Gasteiger partial charge is 0.463 e. The number of carbonyl (C=O) groups excluding carboxylic acids is 3. The molecule has 0 radical (unpaired) electrons. The summed E-state index contributed by atoms with van der Waals surface area (Å²) in [7, 11) is -5.69. The Labute approximate surface area is 600 Å². The van der Waals surface area contributed by atoms with E-state index in [0.717, 1.165) is 89.9 Å². The van der Waals surface area contributed by atoms with Crippen LogP contribution in [0.25, 0.3) is 0 Å². The highest BCUT2D eigenvalue weighted by Crippen LogP contribution is 2.49. The Morgan fingerprint density at radius 2 is 0.700 bits per heavy atom. The van der Waals surface area contributed by atoms with E-state index in [-0.39, 0.29) is 19.3 Å². The molecule has 2 heterocycles. The van der Waals surface area contributed by atoms with Gasteiger partial charge in [0.25, 0.3) is 0 Å². The Morgan fingerprint density at radius 3 is 1.08 bits per heavy atom. The average molecular weight is 1460 g/mol. The lowest BCUT2D eigenvalue weighted by Gasteiger charge is -2.49. The molecule has 11 N–H and O–H groups in total. The molecule has 3 aliphatic rings. The van der Waals surface area contributed by atoms with E-state index < -0.39 is 156 Å². The molecule has 24 nitrogen and oxygen atoms in total. The molecule has 0 spiro atoms. The number of hydrogen-bond donors (Lipinski definition) is 11. The molecular formula is C75H141O24P. The fourth-order valence-electron chi connectivity index (χ4n) is 13.5. The van der Waals surface area contributed by atoms with Crippen LogP contribution in [0.1, 0.15) is 323 Å². The second-order valence-electron chi connectivity index (χ2n) is 29.1. The lowest BCUT2D eigenvalue weighted by atomic mass is 9.84. The van der Waals surface area contributed by atoms with E-state index >= 15 is 0 Å². The van der Waals surface area contributed by atoms with Gasteiger partial charge in [0, 0.05) is 19.3 Å².